The Kier molecular flexibility index (Phi) is 6.00. The summed E-state index contributed by atoms with van der Waals surface area (Å²) in [5.41, 5.74) is 3.36. The molecule has 3 heterocycles. The minimum atomic E-state index is -1.11. The average Bonchev–Trinajstić information content (AvgIpc) is 3.55. The zero-order valence-corrected chi connectivity index (χ0v) is 19.6. The molecule has 0 aliphatic rings. The number of nitrogens with zero attached hydrogens (tertiary/aromatic N) is 4. The first-order valence-corrected chi connectivity index (χ1v) is 11.6. The van der Waals surface area contributed by atoms with Gasteiger partial charge in [0.2, 0.25) is 0 Å². The van der Waals surface area contributed by atoms with Gasteiger partial charge in [-0.2, -0.15) is 0 Å². The van der Waals surface area contributed by atoms with Crippen LogP contribution in [0, 0.1) is 0 Å². The van der Waals surface area contributed by atoms with Gasteiger partial charge in [-0.15, -0.1) is 0 Å². The van der Waals surface area contributed by atoms with Crippen LogP contribution in [0.25, 0.3) is 28.0 Å². The number of nitrogens with one attached hydrogen (secondary N) is 1. The van der Waals surface area contributed by atoms with E-state index in [0.29, 0.717) is 30.2 Å². The number of hydrogen-bond acceptors (Lipinski definition) is 5. The summed E-state index contributed by atoms with van der Waals surface area (Å²) in [6.07, 6.45) is 4.42. The van der Waals surface area contributed by atoms with E-state index in [1.165, 1.54) is 0 Å². The zero-order valence-electron chi connectivity index (χ0n) is 18.9. The van der Waals surface area contributed by atoms with Crippen molar-refractivity contribution in [1.29, 1.82) is 0 Å². The van der Waals surface area contributed by atoms with E-state index in [1.54, 1.807) is 4.57 Å². The number of imidazole rings is 1. The lowest BCUT2D eigenvalue weighted by Crippen LogP contribution is -2.13. The van der Waals surface area contributed by atoms with Gasteiger partial charge in [0.05, 0.1) is 17.7 Å². The van der Waals surface area contributed by atoms with Crippen LogP contribution in [0.15, 0.2) is 64.0 Å². The number of fused-ring (bicyclic) bond motifs is 1. The lowest BCUT2D eigenvalue weighted by Gasteiger charge is -2.13. The van der Waals surface area contributed by atoms with Crippen molar-refractivity contribution in [2.45, 2.75) is 32.7 Å². The van der Waals surface area contributed by atoms with Crippen molar-refractivity contribution in [2.24, 2.45) is 0 Å². The summed E-state index contributed by atoms with van der Waals surface area (Å²) in [7, 11) is 0. The van der Waals surface area contributed by atoms with E-state index in [-0.39, 0.29) is 10.8 Å². The molecule has 0 fully saturated rings. The summed E-state index contributed by atoms with van der Waals surface area (Å²) in [5.74, 6) is -0.735. The molecule has 0 unspecified atom stereocenters. The molecular formula is C25H22ClN5O4. The molecule has 0 bridgehead atoms. The van der Waals surface area contributed by atoms with Crippen molar-refractivity contribution in [1.82, 2.24) is 24.3 Å². The van der Waals surface area contributed by atoms with Gasteiger partial charge < -0.3 is 14.2 Å². The number of aromatic amines is 1. The van der Waals surface area contributed by atoms with Crippen molar-refractivity contribution >= 4 is 28.5 Å². The number of carbonyl (C=O) groups is 1. The number of H-pyrrole nitrogens is 1. The molecule has 2 N–H and O–H groups in total. The van der Waals surface area contributed by atoms with Crippen molar-refractivity contribution in [2.75, 3.05) is 0 Å². The molecule has 5 rings (SSSR count). The number of aromatic carboxylic acids is 1. The first-order valence-electron chi connectivity index (χ1n) is 11.2. The van der Waals surface area contributed by atoms with Gasteiger partial charge in [0.15, 0.2) is 16.7 Å². The molecule has 0 amide bonds. The Labute approximate surface area is 204 Å². The number of rotatable bonds is 8. The van der Waals surface area contributed by atoms with Crippen LogP contribution in [0.5, 0.6) is 0 Å². The summed E-state index contributed by atoms with van der Waals surface area (Å²) in [6, 6.07) is 15.4. The molecule has 2 aromatic carbocycles. The third kappa shape index (κ3) is 4.15. The van der Waals surface area contributed by atoms with Crippen LogP contribution >= 0.6 is 11.6 Å². The summed E-state index contributed by atoms with van der Waals surface area (Å²) in [4.78, 5) is 30.4. The Bertz CT molecular complexity index is 1590. The maximum Gasteiger partial charge on any atom is 0.439 e. The molecule has 0 saturated heterocycles. The van der Waals surface area contributed by atoms with Crippen molar-refractivity contribution in [3.05, 3.63) is 87.5 Å². The van der Waals surface area contributed by atoms with Crippen molar-refractivity contribution in [3.63, 3.8) is 0 Å². The predicted octanol–water partition coefficient (Wildman–Crippen LogP) is 4.91. The predicted molar refractivity (Wildman–Crippen MR) is 131 cm³/mol. The molecule has 0 aliphatic heterocycles. The Morgan fingerprint density at radius 2 is 2.00 bits per heavy atom. The Hall–Kier alpha value is -4.11. The number of carboxylic acid groups (broad SMARTS) is 1. The summed E-state index contributed by atoms with van der Waals surface area (Å²) in [6.45, 7) is 2.39. The number of carboxylic acids is 1. The topological polar surface area (TPSA) is 119 Å². The molecule has 10 heteroatoms. The Morgan fingerprint density at radius 3 is 2.74 bits per heavy atom. The second kappa shape index (κ2) is 9.27. The summed E-state index contributed by atoms with van der Waals surface area (Å²) >= 11 is 6.21. The lowest BCUT2D eigenvalue weighted by atomic mass is 10.1. The van der Waals surface area contributed by atoms with E-state index in [0.717, 1.165) is 35.0 Å². The second-order valence-electron chi connectivity index (χ2n) is 8.16. The molecule has 178 valence electrons. The van der Waals surface area contributed by atoms with Gasteiger partial charge in [-0.05, 0) is 36.2 Å². The summed E-state index contributed by atoms with van der Waals surface area (Å²) in [5, 5.41) is 14.6. The minimum absolute atomic E-state index is 0.00359. The van der Waals surface area contributed by atoms with Crippen LogP contribution < -0.4 is 5.76 Å². The Morgan fingerprint density at radius 1 is 1.17 bits per heavy atom. The smallest absolute Gasteiger partial charge is 0.439 e. The number of halogens is 1. The fourth-order valence-electron chi connectivity index (χ4n) is 4.35. The van der Waals surface area contributed by atoms with Gasteiger partial charge in [0, 0.05) is 23.6 Å². The maximum atomic E-state index is 12.0. The summed E-state index contributed by atoms with van der Waals surface area (Å²) < 4.78 is 8.39. The number of aromatic nitrogens is 5. The molecule has 9 nitrogen and oxygen atoms in total. The van der Waals surface area contributed by atoms with Crippen LogP contribution in [-0.4, -0.2) is 35.3 Å². The van der Waals surface area contributed by atoms with Crippen LogP contribution in [0.1, 0.15) is 41.6 Å². The Balaban J connectivity index is 1.61. The number of para-hydroxylation sites is 1. The fourth-order valence-corrected chi connectivity index (χ4v) is 4.63. The quantitative estimate of drug-likeness (QED) is 0.318. The van der Waals surface area contributed by atoms with E-state index in [2.05, 4.69) is 22.0 Å². The normalized spacial score (nSPS) is 11.4. The van der Waals surface area contributed by atoms with Gasteiger partial charge in [-0.25, -0.2) is 14.6 Å². The minimum Gasteiger partial charge on any atom is -0.476 e. The highest BCUT2D eigenvalue weighted by molar-refractivity contribution is 6.32. The van der Waals surface area contributed by atoms with Crippen LogP contribution in [0.4, 0.5) is 0 Å². The molecule has 35 heavy (non-hydrogen) atoms. The van der Waals surface area contributed by atoms with Gasteiger partial charge in [-0.1, -0.05) is 54.4 Å². The third-order valence-electron chi connectivity index (χ3n) is 5.97. The number of benzene rings is 2. The van der Waals surface area contributed by atoms with Gasteiger partial charge in [0.1, 0.15) is 5.82 Å². The van der Waals surface area contributed by atoms with Crippen molar-refractivity contribution < 1.29 is 14.4 Å². The SMILES string of the molecule is CCCCc1nc(Cl)c(C(=O)O)n1Cc1cccc2c1ccn2-c1ccccc1-c1noc(=O)[nH]1. The largest absolute Gasteiger partial charge is 0.476 e. The molecule has 0 aliphatic carbocycles. The molecular weight excluding hydrogens is 470 g/mol. The van der Waals surface area contributed by atoms with Gasteiger partial charge in [0.25, 0.3) is 0 Å². The standard InChI is InChI=1S/C25H22ClN5O4/c1-2-3-11-20-27-22(26)21(24(32)33)31(20)14-15-7-6-10-18-16(15)12-13-30(18)19-9-5-4-8-17(19)23-28-25(34)35-29-23/h4-10,12-13H,2-3,11,14H2,1H3,(H,32,33)(H,28,29,34). The number of hydrogen-bond donors (Lipinski definition) is 2. The highest BCUT2D eigenvalue weighted by Gasteiger charge is 2.22. The van der Waals surface area contributed by atoms with E-state index in [9.17, 15) is 14.7 Å². The van der Waals surface area contributed by atoms with Crippen LogP contribution in [0.2, 0.25) is 5.15 Å². The highest BCUT2D eigenvalue weighted by Crippen LogP contribution is 2.30. The molecule has 0 saturated carbocycles. The van der Waals surface area contributed by atoms with Gasteiger partial charge >= 0.3 is 11.7 Å². The van der Waals surface area contributed by atoms with E-state index >= 15 is 0 Å². The number of unbranched alkanes of at least 4 members (excludes halogenated alkanes) is 1. The molecule has 3 aromatic heterocycles. The van der Waals surface area contributed by atoms with E-state index in [1.807, 2.05) is 59.3 Å². The third-order valence-corrected chi connectivity index (χ3v) is 6.23. The van der Waals surface area contributed by atoms with Crippen molar-refractivity contribution in [3.8, 4) is 17.1 Å². The van der Waals surface area contributed by atoms with E-state index in [4.69, 9.17) is 16.1 Å². The molecule has 5 aromatic rings. The molecule has 0 spiro atoms. The van der Waals surface area contributed by atoms with Gasteiger partial charge in [-0.3, -0.25) is 9.51 Å². The zero-order chi connectivity index (χ0) is 24.5. The monoisotopic (exact) mass is 491 g/mol. The second-order valence-corrected chi connectivity index (χ2v) is 8.52. The lowest BCUT2D eigenvalue weighted by molar-refractivity contribution is 0.0685. The van der Waals surface area contributed by atoms with Crippen LogP contribution in [-0.2, 0) is 13.0 Å². The first-order chi connectivity index (χ1) is 17.0. The van der Waals surface area contributed by atoms with Crippen LogP contribution in [0.3, 0.4) is 0 Å². The molecule has 0 radical (unpaired) electrons. The maximum absolute atomic E-state index is 12.0. The average molecular weight is 492 g/mol. The first kappa shape index (κ1) is 22.7. The fraction of sp³-hybridized carbons (Fsp3) is 0.200. The number of aryl methyl sites for hydroxylation is 1. The van der Waals surface area contributed by atoms with E-state index < -0.39 is 11.7 Å². The highest BCUT2D eigenvalue weighted by atomic mass is 35.5. The molecule has 0 atom stereocenters.